The van der Waals surface area contributed by atoms with Crippen LogP contribution in [0.1, 0.15) is 26.3 Å². The number of likely N-dealkylation sites (N-methyl/N-ethyl adjacent to an activating group) is 1. The van der Waals surface area contributed by atoms with Crippen molar-refractivity contribution in [1.29, 1.82) is 0 Å². The number of halogens is 2. The second-order valence-electron chi connectivity index (χ2n) is 5.35. The summed E-state index contributed by atoms with van der Waals surface area (Å²) in [5, 5.41) is 4.88. The Labute approximate surface area is 125 Å². The Kier molecular flexibility index (Phi) is 6.32. The van der Waals surface area contributed by atoms with E-state index in [1.807, 2.05) is 37.0 Å². The highest BCUT2D eigenvalue weighted by Gasteiger charge is 2.16. The molecule has 1 rings (SSSR count). The fourth-order valence-electron chi connectivity index (χ4n) is 1.56. The predicted molar refractivity (Wildman–Crippen MR) is 85.2 cm³/mol. The number of rotatable bonds is 5. The normalized spacial score (nSPS) is 13.7. The van der Waals surface area contributed by atoms with E-state index < -0.39 is 0 Å². The Morgan fingerprint density at radius 1 is 1.28 bits per heavy atom. The van der Waals surface area contributed by atoms with Crippen molar-refractivity contribution in [2.45, 2.75) is 38.0 Å². The smallest absolute Gasteiger partial charge is 0.0439 e. The molecule has 4 heteroatoms. The zero-order valence-corrected chi connectivity index (χ0v) is 13.7. The van der Waals surface area contributed by atoms with Gasteiger partial charge in [-0.2, -0.15) is 11.8 Å². The van der Waals surface area contributed by atoms with Crippen molar-refractivity contribution in [3.63, 3.8) is 0 Å². The van der Waals surface area contributed by atoms with Gasteiger partial charge in [0.05, 0.1) is 0 Å². The Morgan fingerprint density at radius 3 is 2.50 bits per heavy atom. The zero-order valence-electron chi connectivity index (χ0n) is 11.4. The monoisotopic (exact) mass is 305 g/mol. The van der Waals surface area contributed by atoms with Gasteiger partial charge in [-0.15, -0.1) is 0 Å². The van der Waals surface area contributed by atoms with Crippen LogP contribution in [0.5, 0.6) is 0 Å². The first kappa shape index (κ1) is 16.2. The molecule has 1 atom stereocenters. The summed E-state index contributed by atoms with van der Waals surface area (Å²) in [7, 11) is 1.99. The van der Waals surface area contributed by atoms with Gasteiger partial charge in [0, 0.05) is 26.6 Å². The first-order chi connectivity index (χ1) is 8.31. The lowest BCUT2D eigenvalue weighted by molar-refractivity contribution is 0.614. The number of hydrogen-bond donors (Lipinski definition) is 1. The molecule has 0 radical (unpaired) electrons. The van der Waals surface area contributed by atoms with Gasteiger partial charge in [-0.3, -0.25) is 0 Å². The highest BCUT2D eigenvalue weighted by Crippen LogP contribution is 2.26. The summed E-state index contributed by atoms with van der Waals surface area (Å²) in [5.74, 6) is 1.06. The Balaban J connectivity index is 2.65. The van der Waals surface area contributed by atoms with Crippen LogP contribution < -0.4 is 5.32 Å². The summed E-state index contributed by atoms with van der Waals surface area (Å²) in [6, 6.07) is 6.05. The van der Waals surface area contributed by atoms with Gasteiger partial charge in [0.2, 0.25) is 0 Å². The Bertz CT molecular complexity index is 388. The van der Waals surface area contributed by atoms with Gasteiger partial charge >= 0.3 is 0 Å². The molecule has 102 valence electrons. The molecule has 18 heavy (non-hydrogen) atoms. The predicted octanol–water partition coefficient (Wildman–Crippen LogP) is 4.66. The maximum Gasteiger partial charge on any atom is 0.0439 e. The molecule has 1 aromatic carbocycles. The van der Waals surface area contributed by atoms with E-state index in [0.29, 0.717) is 6.04 Å². The van der Waals surface area contributed by atoms with Crippen LogP contribution in [-0.2, 0) is 6.42 Å². The van der Waals surface area contributed by atoms with E-state index in [4.69, 9.17) is 23.2 Å². The maximum atomic E-state index is 6.19. The molecule has 1 unspecified atom stereocenters. The summed E-state index contributed by atoms with van der Waals surface area (Å²) >= 11 is 14.2. The molecule has 0 spiro atoms. The van der Waals surface area contributed by atoms with Gasteiger partial charge in [-0.25, -0.2) is 0 Å². The molecule has 0 heterocycles. The Hall–Kier alpha value is 0.110. The third-order valence-electron chi connectivity index (χ3n) is 2.60. The summed E-state index contributed by atoms with van der Waals surface area (Å²) in [4.78, 5) is 0. The molecular weight excluding hydrogens is 285 g/mol. The van der Waals surface area contributed by atoms with Crippen LogP contribution in [0.3, 0.4) is 0 Å². The zero-order chi connectivity index (χ0) is 13.8. The molecule has 0 bridgehead atoms. The van der Waals surface area contributed by atoms with E-state index >= 15 is 0 Å². The molecule has 0 saturated heterocycles. The number of nitrogens with one attached hydrogen (secondary N) is 1. The van der Waals surface area contributed by atoms with Gasteiger partial charge in [0.1, 0.15) is 0 Å². The van der Waals surface area contributed by atoms with Gasteiger partial charge < -0.3 is 5.32 Å². The molecule has 1 N–H and O–H groups in total. The van der Waals surface area contributed by atoms with Crippen molar-refractivity contribution in [3.05, 3.63) is 33.8 Å². The van der Waals surface area contributed by atoms with E-state index in [9.17, 15) is 0 Å². The topological polar surface area (TPSA) is 12.0 Å². The quantitative estimate of drug-likeness (QED) is 0.849. The highest BCUT2D eigenvalue weighted by molar-refractivity contribution is 8.00. The molecular formula is C14H21Cl2NS. The largest absolute Gasteiger partial charge is 0.316 e. The van der Waals surface area contributed by atoms with Gasteiger partial charge in [-0.1, -0.05) is 44.0 Å². The van der Waals surface area contributed by atoms with Gasteiger partial charge in [-0.05, 0) is 37.2 Å². The molecule has 0 aliphatic rings. The lowest BCUT2D eigenvalue weighted by Crippen LogP contribution is -2.31. The van der Waals surface area contributed by atoms with Crippen LogP contribution in [0, 0.1) is 0 Å². The third kappa shape index (κ3) is 5.83. The molecule has 0 fully saturated rings. The van der Waals surface area contributed by atoms with E-state index in [2.05, 4.69) is 26.1 Å². The second-order valence-corrected chi connectivity index (χ2v) is 8.04. The molecule has 0 saturated carbocycles. The van der Waals surface area contributed by atoms with Crippen LogP contribution in [0.25, 0.3) is 0 Å². The highest BCUT2D eigenvalue weighted by atomic mass is 35.5. The maximum absolute atomic E-state index is 6.19. The molecule has 0 amide bonds. The lowest BCUT2D eigenvalue weighted by atomic mass is 10.1. The number of thioether (sulfide) groups is 1. The first-order valence-electron chi connectivity index (χ1n) is 6.07. The van der Waals surface area contributed by atoms with Crippen molar-refractivity contribution in [2.75, 3.05) is 12.8 Å². The molecule has 0 aliphatic carbocycles. The number of benzene rings is 1. The second kappa shape index (κ2) is 7.04. The summed E-state index contributed by atoms with van der Waals surface area (Å²) < 4.78 is 0.285. The van der Waals surface area contributed by atoms with Crippen molar-refractivity contribution in [2.24, 2.45) is 0 Å². The van der Waals surface area contributed by atoms with Gasteiger partial charge in [0.25, 0.3) is 0 Å². The van der Waals surface area contributed by atoms with Crippen LogP contribution >= 0.6 is 35.0 Å². The van der Waals surface area contributed by atoms with E-state index in [0.717, 1.165) is 27.8 Å². The minimum atomic E-state index is 0.285. The fourth-order valence-corrected chi connectivity index (χ4v) is 2.94. The van der Waals surface area contributed by atoms with Crippen LogP contribution in [0.15, 0.2) is 18.2 Å². The first-order valence-corrected chi connectivity index (χ1v) is 7.81. The summed E-state index contributed by atoms with van der Waals surface area (Å²) in [6.07, 6.45) is 0.902. The lowest BCUT2D eigenvalue weighted by Gasteiger charge is -2.23. The van der Waals surface area contributed by atoms with Crippen LogP contribution in [-0.4, -0.2) is 23.6 Å². The fraction of sp³-hybridized carbons (Fsp3) is 0.571. The van der Waals surface area contributed by atoms with E-state index in [1.165, 1.54) is 0 Å². The standard InChI is InChI=1S/C14H21Cl2NS/c1-14(2,3)18-9-12(17-4)8-10-7-11(15)5-6-13(10)16/h5-7,12,17H,8-9H2,1-4H3. The van der Waals surface area contributed by atoms with Crippen LogP contribution in [0.4, 0.5) is 0 Å². The number of hydrogen-bond acceptors (Lipinski definition) is 2. The average molecular weight is 306 g/mol. The van der Waals surface area contributed by atoms with Crippen molar-refractivity contribution in [3.8, 4) is 0 Å². The minimum absolute atomic E-state index is 0.285. The summed E-state index contributed by atoms with van der Waals surface area (Å²) in [6.45, 7) is 6.70. The SMILES string of the molecule is CNC(CSC(C)(C)C)Cc1cc(Cl)ccc1Cl. The van der Waals surface area contributed by atoms with Crippen molar-refractivity contribution >= 4 is 35.0 Å². The van der Waals surface area contributed by atoms with Gasteiger partial charge in [0.15, 0.2) is 0 Å². The van der Waals surface area contributed by atoms with E-state index in [1.54, 1.807) is 0 Å². The minimum Gasteiger partial charge on any atom is -0.316 e. The molecule has 1 nitrogen and oxygen atoms in total. The molecule has 0 aromatic heterocycles. The van der Waals surface area contributed by atoms with E-state index in [-0.39, 0.29) is 4.75 Å². The summed E-state index contributed by atoms with van der Waals surface area (Å²) in [5.41, 5.74) is 1.11. The van der Waals surface area contributed by atoms with Crippen LogP contribution in [0.2, 0.25) is 10.0 Å². The average Bonchev–Trinajstić information content (AvgIpc) is 2.27. The third-order valence-corrected chi connectivity index (χ3v) is 4.64. The molecule has 0 aliphatic heterocycles. The van der Waals surface area contributed by atoms with Crippen molar-refractivity contribution < 1.29 is 0 Å². The molecule has 1 aromatic rings. The van der Waals surface area contributed by atoms with Crippen molar-refractivity contribution in [1.82, 2.24) is 5.32 Å². The Morgan fingerprint density at radius 2 is 1.94 bits per heavy atom.